The summed E-state index contributed by atoms with van der Waals surface area (Å²) in [6, 6.07) is 32.9. The predicted molar refractivity (Wildman–Crippen MR) is 241 cm³/mol. The van der Waals surface area contributed by atoms with Crippen LogP contribution < -0.4 is 21.6 Å². The summed E-state index contributed by atoms with van der Waals surface area (Å²) in [6.45, 7) is 15.2. The van der Waals surface area contributed by atoms with Crippen molar-refractivity contribution >= 4 is 35.4 Å². The van der Waals surface area contributed by atoms with Crippen molar-refractivity contribution in [3.05, 3.63) is 101 Å². The number of hydrogen-bond donors (Lipinski definition) is 2. The number of Topliss-reactive ketones (excluding diaryl/α,β-unsaturated/α-hetero) is 2. The number of azide groups is 1. The Morgan fingerprint density at radius 2 is 1.05 bits per heavy atom. The molecule has 0 bridgehead atoms. The fourth-order valence-electron chi connectivity index (χ4n) is 6.42. The molecule has 8 rings (SSSR count). The molecule has 3 N–H and O–H groups in total. The standard InChI is InChI=1S/C18H15P.C6H11N3O.C6H13NO.C6H12O2.C6H10O2.C5H8O2/c1-4-10-16(11-5-1)19(17-12-6-2-7-13-17)18-14-8-3-9-15-18;1-5-4-10-3-2-6(5)8-9-7;3*1-5-4-8-3-2-6(5)7;6-5-1-3-7-4-2-5/h1-15H;5-6H,2-4H2,1H3;5-6H,2-4,7H2,1H3;5-7H,2-4H2,1H3;5H,2-4H2,1H3;1-4H2/t;2*5-,6-;5-,6+;;/m.000../s1. The number of nitrogens with two attached hydrogens (primary N) is 1. The van der Waals surface area contributed by atoms with E-state index in [9.17, 15) is 9.59 Å². The summed E-state index contributed by atoms with van der Waals surface area (Å²) < 4.78 is 25.4. The Labute approximate surface area is 359 Å². The molecule has 5 fully saturated rings. The third-order valence-electron chi connectivity index (χ3n) is 10.6. The van der Waals surface area contributed by atoms with Crippen LogP contribution in [0.5, 0.6) is 0 Å². The van der Waals surface area contributed by atoms with Gasteiger partial charge in [0.15, 0.2) is 0 Å². The van der Waals surface area contributed by atoms with Crippen molar-refractivity contribution in [1.29, 1.82) is 0 Å². The zero-order valence-corrected chi connectivity index (χ0v) is 37.1. The van der Waals surface area contributed by atoms with Crippen LogP contribution in [-0.2, 0) is 33.3 Å². The Bertz CT molecular complexity index is 1490. The molecule has 12 nitrogen and oxygen atoms in total. The first-order chi connectivity index (χ1) is 29.1. The lowest BCUT2D eigenvalue weighted by Gasteiger charge is -2.24. The van der Waals surface area contributed by atoms with Crippen LogP contribution in [0, 0.1) is 23.7 Å². The molecule has 0 aromatic heterocycles. The summed E-state index contributed by atoms with van der Waals surface area (Å²) in [6.07, 6.45) is 4.44. The molecule has 0 saturated carbocycles. The van der Waals surface area contributed by atoms with Crippen molar-refractivity contribution in [3.8, 4) is 0 Å². The quantitative estimate of drug-likeness (QED) is 0.122. The van der Waals surface area contributed by atoms with E-state index in [1.165, 1.54) is 15.9 Å². The zero-order valence-electron chi connectivity index (χ0n) is 36.2. The van der Waals surface area contributed by atoms with Crippen molar-refractivity contribution in [2.24, 2.45) is 34.5 Å². The van der Waals surface area contributed by atoms with Crippen molar-refractivity contribution in [1.82, 2.24) is 0 Å². The summed E-state index contributed by atoms with van der Waals surface area (Å²) in [7, 11) is -0.446. The second-order valence-electron chi connectivity index (χ2n) is 15.7. The molecule has 5 heterocycles. The van der Waals surface area contributed by atoms with Gasteiger partial charge in [-0.2, -0.15) is 0 Å². The molecule has 5 saturated heterocycles. The molecule has 0 radical (unpaired) electrons. The van der Waals surface area contributed by atoms with Gasteiger partial charge in [0.2, 0.25) is 0 Å². The van der Waals surface area contributed by atoms with Crippen LogP contribution in [0.15, 0.2) is 96.1 Å². The molecule has 13 heteroatoms. The summed E-state index contributed by atoms with van der Waals surface area (Å²) in [4.78, 5) is 23.9. The van der Waals surface area contributed by atoms with Crippen molar-refractivity contribution in [3.63, 3.8) is 0 Å². The molecule has 1 unspecified atom stereocenters. The minimum Gasteiger partial charge on any atom is -0.393 e. The smallest absolute Gasteiger partial charge is 0.140 e. The highest BCUT2D eigenvalue weighted by Crippen LogP contribution is 2.32. The summed E-state index contributed by atoms with van der Waals surface area (Å²) in [5, 5.41) is 17.0. The second kappa shape index (κ2) is 30.5. The molecule has 5 aliphatic rings. The molecule has 0 aliphatic carbocycles. The number of carbonyl (C=O) groups is 2. The average molecular weight is 849 g/mol. The molecule has 5 aliphatic heterocycles. The lowest BCUT2D eigenvalue weighted by molar-refractivity contribution is -0.129. The maximum absolute atomic E-state index is 10.7. The largest absolute Gasteiger partial charge is 0.393 e. The fourth-order valence-corrected chi connectivity index (χ4v) is 8.73. The van der Waals surface area contributed by atoms with E-state index in [0.29, 0.717) is 81.1 Å². The van der Waals surface area contributed by atoms with Gasteiger partial charge in [-0.15, -0.1) is 0 Å². The number of carbonyl (C=O) groups excluding carboxylic acids is 2. The Morgan fingerprint density at radius 3 is 1.38 bits per heavy atom. The number of hydrogen-bond acceptors (Lipinski definition) is 10. The van der Waals surface area contributed by atoms with Gasteiger partial charge >= 0.3 is 0 Å². The third-order valence-corrected chi connectivity index (χ3v) is 13.0. The topological polar surface area (TPSA) is 175 Å². The zero-order chi connectivity index (χ0) is 43.4. The Morgan fingerprint density at radius 1 is 0.600 bits per heavy atom. The van der Waals surface area contributed by atoms with E-state index in [2.05, 4.69) is 108 Å². The van der Waals surface area contributed by atoms with Crippen LogP contribution in [0.25, 0.3) is 10.4 Å². The maximum Gasteiger partial charge on any atom is 0.140 e. The summed E-state index contributed by atoms with van der Waals surface area (Å²) in [5.74, 6) is 2.10. The molecule has 3 aromatic carbocycles. The molecular weight excluding hydrogens is 780 g/mol. The Kier molecular flexibility index (Phi) is 25.8. The van der Waals surface area contributed by atoms with Crippen LogP contribution >= 0.6 is 7.92 Å². The van der Waals surface area contributed by atoms with Gasteiger partial charge in [-0.1, -0.05) is 124 Å². The number of aliphatic hydroxyl groups is 1. The lowest BCUT2D eigenvalue weighted by atomic mass is 9.99. The molecule has 7 atom stereocenters. The first-order valence-electron chi connectivity index (χ1n) is 21.5. The highest BCUT2D eigenvalue weighted by atomic mass is 31.1. The van der Waals surface area contributed by atoms with Gasteiger partial charge in [0.05, 0.1) is 45.7 Å². The first kappa shape index (κ1) is 50.8. The number of rotatable bonds is 4. The number of ether oxygens (including phenoxy) is 5. The van der Waals surface area contributed by atoms with Gasteiger partial charge in [0.1, 0.15) is 11.6 Å². The van der Waals surface area contributed by atoms with Crippen LogP contribution in [0.2, 0.25) is 0 Å². The summed E-state index contributed by atoms with van der Waals surface area (Å²) >= 11 is 0. The monoisotopic (exact) mass is 848 g/mol. The van der Waals surface area contributed by atoms with E-state index in [0.717, 1.165) is 58.9 Å². The fraction of sp³-hybridized carbons (Fsp3) is 0.574. The number of ketones is 2. The SMILES string of the molecule is CC1COCCC1=O.C[C@H]1COCC[C@@H]1N.C[C@H]1COCC[C@@H]1N=[N+]=[N-].C[C@H]1COCC[C@H]1O.O=C1CCOCC1.c1ccc(P(c2ccccc2)c2ccccc2)cc1. The lowest BCUT2D eigenvalue weighted by Crippen LogP contribution is -2.36. The summed E-state index contributed by atoms with van der Waals surface area (Å²) in [5.41, 5.74) is 13.9. The third kappa shape index (κ3) is 20.3. The van der Waals surface area contributed by atoms with Gasteiger partial charge in [-0.05, 0) is 60.5 Å². The molecule has 0 spiro atoms. The minimum absolute atomic E-state index is 0.122. The molecule has 330 valence electrons. The number of nitrogens with zero attached hydrogens (tertiary/aromatic N) is 3. The van der Waals surface area contributed by atoms with Gasteiger partial charge in [-0.3, -0.25) is 9.59 Å². The average Bonchev–Trinajstić information content (AvgIpc) is 3.28. The van der Waals surface area contributed by atoms with Crippen LogP contribution in [0.3, 0.4) is 0 Å². The molecule has 3 aromatic rings. The number of aliphatic hydroxyl groups excluding tert-OH is 1. The normalized spacial score (nSPS) is 26.1. The van der Waals surface area contributed by atoms with Crippen LogP contribution in [-0.4, -0.2) is 101 Å². The van der Waals surface area contributed by atoms with Gasteiger partial charge in [-0.25, -0.2) is 0 Å². The van der Waals surface area contributed by atoms with Crippen molar-refractivity contribution in [2.75, 3.05) is 66.1 Å². The Hall–Kier alpha value is -3.54. The van der Waals surface area contributed by atoms with Gasteiger partial charge < -0.3 is 34.5 Å². The van der Waals surface area contributed by atoms with E-state index < -0.39 is 7.92 Å². The molecular formula is C47H69N4O8P. The van der Waals surface area contributed by atoms with E-state index in [1.807, 2.05) is 20.8 Å². The maximum atomic E-state index is 10.7. The van der Waals surface area contributed by atoms with Gasteiger partial charge in [0, 0.05) is 74.5 Å². The molecule has 60 heavy (non-hydrogen) atoms. The highest BCUT2D eigenvalue weighted by molar-refractivity contribution is 7.79. The van der Waals surface area contributed by atoms with Crippen molar-refractivity contribution < 1.29 is 38.4 Å². The van der Waals surface area contributed by atoms with Gasteiger partial charge in [0.25, 0.3) is 0 Å². The second-order valence-corrected chi connectivity index (χ2v) is 17.9. The van der Waals surface area contributed by atoms with E-state index in [1.54, 1.807) is 0 Å². The van der Waals surface area contributed by atoms with Crippen LogP contribution in [0.4, 0.5) is 0 Å². The van der Waals surface area contributed by atoms with E-state index in [-0.39, 0.29) is 18.1 Å². The van der Waals surface area contributed by atoms with E-state index >= 15 is 0 Å². The Balaban J connectivity index is 0.000000202. The predicted octanol–water partition coefficient (Wildman–Crippen LogP) is 6.92. The first-order valence-corrected chi connectivity index (χ1v) is 22.8. The van der Waals surface area contributed by atoms with Crippen molar-refractivity contribution in [2.45, 2.75) is 84.4 Å². The van der Waals surface area contributed by atoms with Crippen LogP contribution in [0.1, 0.15) is 66.2 Å². The number of benzene rings is 3. The minimum atomic E-state index is -0.446. The van der Waals surface area contributed by atoms with E-state index in [4.69, 9.17) is 40.1 Å². The highest BCUT2D eigenvalue weighted by Gasteiger charge is 2.21. The molecule has 0 amide bonds.